The smallest absolute Gasteiger partial charge is 0.166 e. The largest absolute Gasteiger partial charge is 0.493 e. The van der Waals surface area contributed by atoms with Crippen molar-refractivity contribution in [2.75, 3.05) is 26.8 Å². The van der Waals surface area contributed by atoms with Gasteiger partial charge in [0.25, 0.3) is 0 Å². The maximum absolute atomic E-state index is 15.7. The van der Waals surface area contributed by atoms with Crippen molar-refractivity contribution in [2.45, 2.75) is 51.2 Å². The summed E-state index contributed by atoms with van der Waals surface area (Å²) in [6.45, 7) is 4.16. The average molecular weight is 444 g/mol. The highest BCUT2D eigenvalue weighted by Gasteiger charge is 2.42. The molecule has 1 unspecified atom stereocenters. The van der Waals surface area contributed by atoms with Crippen LogP contribution in [-0.2, 0) is 13.0 Å². The molecule has 0 bridgehead atoms. The van der Waals surface area contributed by atoms with Crippen molar-refractivity contribution in [2.24, 2.45) is 5.92 Å². The predicted molar refractivity (Wildman–Crippen MR) is 120 cm³/mol. The quantitative estimate of drug-likeness (QED) is 0.550. The van der Waals surface area contributed by atoms with Crippen LogP contribution in [0.5, 0.6) is 11.5 Å². The Morgan fingerprint density at radius 2 is 1.91 bits per heavy atom. The number of rotatable bonds is 8. The van der Waals surface area contributed by atoms with Gasteiger partial charge in [0.2, 0.25) is 0 Å². The normalized spacial score (nSPS) is 20.2. The Balaban J connectivity index is 1.39. The maximum Gasteiger partial charge on any atom is 0.166 e. The summed E-state index contributed by atoms with van der Waals surface area (Å²) in [5.41, 5.74) is 0.791. The van der Waals surface area contributed by atoms with Crippen LogP contribution in [0, 0.1) is 11.7 Å². The molecule has 1 aliphatic heterocycles. The van der Waals surface area contributed by atoms with E-state index in [0.717, 1.165) is 12.0 Å². The first-order valence-electron chi connectivity index (χ1n) is 11.4. The zero-order valence-electron chi connectivity index (χ0n) is 18.8. The third kappa shape index (κ3) is 4.80. The van der Waals surface area contributed by atoms with Gasteiger partial charge in [-0.2, -0.15) is 0 Å². The number of alkyl halides is 1. The molecule has 1 heterocycles. The predicted octanol–water partition coefficient (Wildman–Crippen LogP) is 5.37. The van der Waals surface area contributed by atoms with Crippen LogP contribution in [0.15, 0.2) is 36.4 Å². The zero-order chi connectivity index (χ0) is 22.7. The summed E-state index contributed by atoms with van der Waals surface area (Å²) in [5.74, 6) is 0.589. The second-order valence-electron chi connectivity index (χ2n) is 9.00. The number of nitrogens with zero attached hydrogens (tertiary/aromatic N) is 1. The summed E-state index contributed by atoms with van der Waals surface area (Å²) in [4.78, 5) is 15.2. The summed E-state index contributed by atoms with van der Waals surface area (Å²) in [6, 6.07) is 10.3. The Labute approximate surface area is 188 Å². The van der Waals surface area contributed by atoms with Gasteiger partial charge in [0.05, 0.1) is 13.7 Å². The van der Waals surface area contributed by atoms with E-state index in [9.17, 15) is 9.18 Å². The molecule has 1 fully saturated rings. The Morgan fingerprint density at radius 3 is 2.59 bits per heavy atom. The number of halogens is 2. The number of hydrogen-bond donors (Lipinski definition) is 0. The number of carbonyl (C=O) groups excluding carboxylic acids is 1. The molecule has 0 N–H and O–H groups in total. The zero-order valence-corrected chi connectivity index (χ0v) is 18.8. The van der Waals surface area contributed by atoms with E-state index in [1.807, 2.05) is 19.1 Å². The van der Waals surface area contributed by atoms with Crippen molar-refractivity contribution in [1.29, 1.82) is 0 Å². The lowest BCUT2D eigenvalue weighted by Crippen LogP contribution is -2.43. The van der Waals surface area contributed by atoms with E-state index in [1.54, 1.807) is 25.3 Å². The Morgan fingerprint density at radius 1 is 1.16 bits per heavy atom. The molecule has 1 aliphatic carbocycles. The fourth-order valence-electron chi connectivity index (χ4n) is 4.85. The van der Waals surface area contributed by atoms with Gasteiger partial charge in [-0.25, -0.2) is 8.78 Å². The Hall–Kier alpha value is -2.47. The summed E-state index contributed by atoms with van der Waals surface area (Å²) in [7, 11) is 1.58. The van der Waals surface area contributed by atoms with Crippen LogP contribution in [-0.4, -0.2) is 43.2 Å². The first-order chi connectivity index (χ1) is 15.4. The van der Waals surface area contributed by atoms with Gasteiger partial charge in [-0.1, -0.05) is 25.1 Å². The number of Topliss-reactive ketones (excluding diaryl/α,β-unsaturated/α-hetero) is 1. The van der Waals surface area contributed by atoms with Crippen molar-refractivity contribution in [3.63, 3.8) is 0 Å². The van der Waals surface area contributed by atoms with Crippen LogP contribution in [0.4, 0.5) is 8.78 Å². The number of ether oxygens (including phenoxy) is 2. The molecular weight excluding hydrogens is 412 g/mol. The van der Waals surface area contributed by atoms with E-state index in [4.69, 9.17) is 9.47 Å². The lowest BCUT2D eigenvalue weighted by molar-refractivity contribution is 0.0333. The molecule has 0 radical (unpaired) electrons. The van der Waals surface area contributed by atoms with Gasteiger partial charge < -0.3 is 9.47 Å². The first-order valence-corrected chi connectivity index (χ1v) is 11.4. The van der Waals surface area contributed by atoms with Gasteiger partial charge in [0.15, 0.2) is 17.3 Å². The van der Waals surface area contributed by atoms with Crippen LogP contribution in [0.3, 0.4) is 0 Å². The van der Waals surface area contributed by atoms with Crippen molar-refractivity contribution >= 4 is 5.78 Å². The highest BCUT2D eigenvalue weighted by molar-refractivity contribution is 6.03. The fourth-order valence-corrected chi connectivity index (χ4v) is 4.85. The number of fused-ring (bicyclic) bond motifs is 1. The van der Waals surface area contributed by atoms with Crippen molar-refractivity contribution in [1.82, 2.24) is 4.90 Å². The molecule has 1 saturated heterocycles. The topological polar surface area (TPSA) is 38.8 Å². The maximum atomic E-state index is 15.7. The third-order valence-electron chi connectivity index (χ3n) is 6.67. The first kappa shape index (κ1) is 22.7. The van der Waals surface area contributed by atoms with Crippen molar-refractivity contribution in [3.8, 4) is 11.5 Å². The summed E-state index contributed by atoms with van der Waals surface area (Å²) < 4.78 is 40.8. The van der Waals surface area contributed by atoms with Crippen LogP contribution >= 0.6 is 0 Å². The molecule has 0 amide bonds. The molecule has 0 spiro atoms. The minimum atomic E-state index is -1.38. The monoisotopic (exact) mass is 443 g/mol. The minimum absolute atomic E-state index is 0.00480. The SMILES string of the molecule is CCCOc1cc2c(cc1OC)CC(CC1(F)CCN(Cc3ccccc3F)CC1)C2=O. The van der Waals surface area contributed by atoms with Crippen LogP contribution in [0.1, 0.15) is 54.1 Å². The standard InChI is InChI=1S/C26H31F2NO3/c1-3-12-32-24-15-21-19(14-23(24)31-2)13-20(25(21)30)16-26(28)8-10-29(11-9-26)17-18-6-4-5-7-22(18)27/h4-7,14-15,20H,3,8-13,16-17H2,1-2H3. The molecule has 2 aromatic rings. The van der Waals surface area contributed by atoms with Gasteiger partial charge in [0.1, 0.15) is 11.5 Å². The van der Waals surface area contributed by atoms with Gasteiger partial charge in [-0.05, 0) is 55.9 Å². The molecule has 2 aromatic carbocycles. The second-order valence-corrected chi connectivity index (χ2v) is 9.00. The van der Waals surface area contributed by atoms with Crippen LogP contribution in [0.25, 0.3) is 0 Å². The molecule has 1 atom stereocenters. The summed E-state index contributed by atoms with van der Waals surface area (Å²) in [6.07, 6.45) is 2.32. The molecular formula is C26H31F2NO3. The van der Waals surface area contributed by atoms with Gasteiger partial charge >= 0.3 is 0 Å². The van der Waals surface area contributed by atoms with E-state index in [1.165, 1.54) is 6.07 Å². The molecule has 0 aromatic heterocycles. The molecule has 172 valence electrons. The Bertz CT molecular complexity index is 970. The minimum Gasteiger partial charge on any atom is -0.493 e. The van der Waals surface area contributed by atoms with E-state index >= 15 is 4.39 Å². The number of piperidine rings is 1. The number of benzene rings is 2. The molecule has 2 aliphatic rings. The molecule has 4 nitrogen and oxygen atoms in total. The van der Waals surface area contributed by atoms with Gasteiger partial charge in [-0.15, -0.1) is 0 Å². The number of carbonyl (C=O) groups is 1. The third-order valence-corrected chi connectivity index (χ3v) is 6.67. The number of likely N-dealkylation sites (tertiary alicyclic amines) is 1. The van der Waals surface area contributed by atoms with Gasteiger partial charge in [0, 0.05) is 36.7 Å². The molecule has 6 heteroatoms. The van der Waals surface area contributed by atoms with Crippen molar-refractivity contribution < 1.29 is 23.0 Å². The second kappa shape index (κ2) is 9.57. The summed E-state index contributed by atoms with van der Waals surface area (Å²) >= 11 is 0. The highest BCUT2D eigenvalue weighted by atomic mass is 19.1. The van der Waals surface area contributed by atoms with E-state index in [0.29, 0.717) is 68.1 Å². The van der Waals surface area contributed by atoms with E-state index in [2.05, 4.69) is 4.90 Å². The number of methoxy groups -OCH3 is 1. The van der Waals surface area contributed by atoms with Crippen LogP contribution < -0.4 is 9.47 Å². The molecule has 32 heavy (non-hydrogen) atoms. The number of hydrogen-bond acceptors (Lipinski definition) is 4. The molecule has 0 saturated carbocycles. The average Bonchev–Trinajstić information content (AvgIpc) is 3.08. The summed E-state index contributed by atoms with van der Waals surface area (Å²) in [5, 5.41) is 0. The lowest BCUT2D eigenvalue weighted by atomic mass is 9.82. The van der Waals surface area contributed by atoms with Crippen molar-refractivity contribution in [3.05, 3.63) is 58.9 Å². The van der Waals surface area contributed by atoms with Crippen LogP contribution in [0.2, 0.25) is 0 Å². The molecule has 4 rings (SSSR count). The number of ketones is 1. The highest BCUT2D eigenvalue weighted by Crippen LogP contribution is 2.42. The lowest BCUT2D eigenvalue weighted by Gasteiger charge is -2.37. The van der Waals surface area contributed by atoms with Gasteiger partial charge in [-0.3, -0.25) is 9.69 Å². The fraction of sp³-hybridized carbons (Fsp3) is 0.500. The van der Waals surface area contributed by atoms with E-state index < -0.39 is 5.67 Å². The van der Waals surface area contributed by atoms with E-state index in [-0.39, 0.29) is 23.9 Å². The Kier molecular flexibility index (Phi) is 6.79.